The van der Waals surface area contributed by atoms with Gasteiger partial charge in [-0.2, -0.15) is 0 Å². The number of hydrogen-bond donors (Lipinski definition) is 1. The lowest BCUT2D eigenvalue weighted by atomic mass is 9.94. The first-order valence-electron chi connectivity index (χ1n) is 7.00. The number of halogens is 1. The van der Waals surface area contributed by atoms with Crippen molar-refractivity contribution in [1.82, 2.24) is 4.57 Å². The third kappa shape index (κ3) is 2.15. The molecule has 0 saturated carbocycles. The van der Waals surface area contributed by atoms with Crippen molar-refractivity contribution < 1.29 is 9.90 Å². The van der Waals surface area contributed by atoms with Crippen molar-refractivity contribution in [3.05, 3.63) is 35.0 Å². The number of fused-ring (bicyclic) bond motifs is 3. The Labute approximate surface area is 123 Å². The van der Waals surface area contributed by atoms with Crippen LogP contribution < -0.4 is 0 Å². The molecule has 0 unspecified atom stereocenters. The Kier molecular flexibility index (Phi) is 3.57. The number of carbonyl (C=O) groups is 1. The molecule has 3 rings (SSSR count). The third-order valence-corrected chi connectivity index (χ3v) is 4.35. The average molecular weight is 292 g/mol. The summed E-state index contributed by atoms with van der Waals surface area (Å²) in [6.07, 6.45) is 1.81. The number of aromatic nitrogens is 1. The van der Waals surface area contributed by atoms with Crippen molar-refractivity contribution >= 4 is 28.3 Å². The molecule has 1 heterocycles. The van der Waals surface area contributed by atoms with Crippen LogP contribution in [-0.2, 0) is 13.0 Å². The highest BCUT2D eigenvalue weighted by molar-refractivity contribution is 6.18. The van der Waals surface area contributed by atoms with Crippen LogP contribution in [0.15, 0.2) is 18.2 Å². The first-order valence-corrected chi connectivity index (χ1v) is 7.54. The van der Waals surface area contributed by atoms with Crippen LogP contribution in [-0.4, -0.2) is 27.4 Å². The largest absolute Gasteiger partial charge is 0.390 e. The number of ketones is 1. The van der Waals surface area contributed by atoms with Gasteiger partial charge in [-0.3, -0.25) is 4.79 Å². The Balaban J connectivity index is 2.25. The van der Waals surface area contributed by atoms with Gasteiger partial charge in [0.05, 0.1) is 24.2 Å². The summed E-state index contributed by atoms with van der Waals surface area (Å²) in [5.41, 5.74) is 4.14. The van der Waals surface area contributed by atoms with Gasteiger partial charge in [0.25, 0.3) is 0 Å². The molecule has 20 heavy (non-hydrogen) atoms. The summed E-state index contributed by atoms with van der Waals surface area (Å²) < 4.78 is 1.96. The van der Waals surface area contributed by atoms with Crippen LogP contribution in [0.25, 0.3) is 10.9 Å². The predicted octanol–water partition coefficient (Wildman–Crippen LogP) is 3.07. The molecule has 106 valence electrons. The van der Waals surface area contributed by atoms with Crippen molar-refractivity contribution in [2.45, 2.75) is 38.8 Å². The fourth-order valence-corrected chi connectivity index (χ4v) is 3.20. The lowest BCUT2D eigenvalue weighted by Crippen LogP contribution is -2.22. The minimum absolute atomic E-state index is 0.175. The molecule has 1 N–H and O–H groups in total. The smallest absolute Gasteiger partial charge is 0.179 e. The highest BCUT2D eigenvalue weighted by Crippen LogP contribution is 2.33. The predicted molar refractivity (Wildman–Crippen MR) is 80.7 cm³/mol. The maximum absolute atomic E-state index is 12.3. The van der Waals surface area contributed by atoms with Gasteiger partial charge in [0.2, 0.25) is 0 Å². The molecule has 0 fully saturated rings. The van der Waals surface area contributed by atoms with Crippen LogP contribution in [0.5, 0.6) is 0 Å². The van der Waals surface area contributed by atoms with Gasteiger partial charge >= 0.3 is 0 Å². The Morgan fingerprint density at radius 2 is 2.20 bits per heavy atom. The third-order valence-electron chi connectivity index (χ3n) is 3.99. The van der Waals surface area contributed by atoms with E-state index in [-0.39, 0.29) is 11.7 Å². The summed E-state index contributed by atoms with van der Waals surface area (Å²) in [5.74, 6) is 0.357. The fraction of sp³-hybridized carbons (Fsp3) is 0.438. The van der Waals surface area contributed by atoms with Gasteiger partial charge in [-0.15, -0.1) is 11.6 Å². The number of alkyl halides is 1. The minimum atomic E-state index is -0.632. The highest BCUT2D eigenvalue weighted by atomic mass is 35.5. The van der Waals surface area contributed by atoms with Gasteiger partial charge in [-0.05, 0) is 37.5 Å². The number of aryl methyl sites for hydroxylation is 2. The van der Waals surface area contributed by atoms with Gasteiger partial charge in [-0.25, -0.2) is 0 Å². The molecule has 1 atom stereocenters. The molecule has 0 amide bonds. The van der Waals surface area contributed by atoms with Crippen LogP contribution in [0.4, 0.5) is 0 Å². The first-order chi connectivity index (χ1) is 9.61. The van der Waals surface area contributed by atoms with E-state index in [1.807, 2.05) is 16.7 Å². The molecule has 4 heteroatoms. The summed E-state index contributed by atoms with van der Waals surface area (Å²) in [4.78, 5) is 12.3. The number of benzene rings is 1. The van der Waals surface area contributed by atoms with E-state index in [4.69, 9.17) is 11.6 Å². The van der Waals surface area contributed by atoms with Crippen molar-refractivity contribution in [2.24, 2.45) is 0 Å². The lowest BCUT2D eigenvalue weighted by Gasteiger charge is -2.16. The van der Waals surface area contributed by atoms with E-state index in [9.17, 15) is 9.90 Å². The van der Waals surface area contributed by atoms with E-state index in [1.54, 1.807) is 0 Å². The Bertz CT molecular complexity index is 675. The molecule has 0 radical (unpaired) electrons. The van der Waals surface area contributed by atoms with E-state index in [0.29, 0.717) is 13.0 Å². The van der Waals surface area contributed by atoms with Crippen molar-refractivity contribution in [3.63, 3.8) is 0 Å². The number of hydrogen-bond acceptors (Lipinski definition) is 2. The van der Waals surface area contributed by atoms with Gasteiger partial charge in [-0.1, -0.05) is 11.6 Å². The van der Waals surface area contributed by atoms with E-state index in [2.05, 4.69) is 13.0 Å². The van der Waals surface area contributed by atoms with Gasteiger partial charge in [0, 0.05) is 17.3 Å². The number of aliphatic hydroxyl groups excluding tert-OH is 1. The molecule has 1 aromatic heterocycles. The quantitative estimate of drug-likeness (QED) is 0.883. The minimum Gasteiger partial charge on any atom is -0.390 e. The second kappa shape index (κ2) is 5.23. The van der Waals surface area contributed by atoms with Crippen LogP contribution in [0, 0.1) is 6.92 Å². The highest BCUT2D eigenvalue weighted by Gasteiger charge is 2.26. The number of rotatable bonds is 3. The maximum Gasteiger partial charge on any atom is 0.179 e. The average Bonchev–Trinajstić information content (AvgIpc) is 2.74. The Hall–Kier alpha value is -1.32. The van der Waals surface area contributed by atoms with Crippen LogP contribution in [0.1, 0.15) is 34.5 Å². The van der Waals surface area contributed by atoms with Crippen molar-refractivity contribution in [1.29, 1.82) is 0 Å². The van der Waals surface area contributed by atoms with E-state index in [1.165, 1.54) is 5.56 Å². The molecule has 1 aliphatic carbocycles. The molecule has 0 saturated heterocycles. The monoisotopic (exact) mass is 291 g/mol. The molecule has 0 spiro atoms. The molecular formula is C16H18ClNO2. The summed E-state index contributed by atoms with van der Waals surface area (Å²) in [6.45, 7) is 2.44. The Morgan fingerprint density at radius 1 is 1.40 bits per heavy atom. The molecule has 3 nitrogen and oxygen atoms in total. The van der Waals surface area contributed by atoms with Crippen molar-refractivity contribution in [3.8, 4) is 0 Å². The van der Waals surface area contributed by atoms with Crippen molar-refractivity contribution in [2.75, 3.05) is 5.88 Å². The van der Waals surface area contributed by atoms with Crippen LogP contribution in [0.2, 0.25) is 0 Å². The summed E-state index contributed by atoms with van der Waals surface area (Å²) in [5, 5.41) is 11.0. The molecule has 2 aromatic rings. The molecule has 1 aliphatic rings. The molecule has 0 bridgehead atoms. The number of Topliss-reactive ketones (excluding diaryl/α,β-unsaturated/α-hetero) is 1. The standard InChI is InChI=1S/C16H18ClNO2/c1-10-5-6-14-13(7-10)12-3-2-4-15(20)16(12)18(14)9-11(19)8-17/h5-7,11,19H,2-4,8-9H2,1H3/t11-/m0/s1. The van der Waals surface area contributed by atoms with Gasteiger partial charge < -0.3 is 9.67 Å². The summed E-state index contributed by atoms with van der Waals surface area (Å²) in [7, 11) is 0. The number of nitrogens with zero attached hydrogens (tertiary/aromatic N) is 1. The number of carbonyl (C=O) groups excluding carboxylic acids is 1. The zero-order valence-corrected chi connectivity index (χ0v) is 12.3. The van der Waals surface area contributed by atoms with Gasteiger partial charge in [0.15, 0.2) is 5.78 Å². The SMILES string of the molecule is Cc1ccc2c(c1)c1c(n2C[C@@H](O)CCl)C(=O)CCC1. The Morgan fingerprint density at radius 3 is 2.95 bits per heavy atom. The molecular weight excluding hydrogens is 274 g/mol. The maximum atomic E-state index is 12.3. The molecule has 0 aliphatic heterocycles. The van der Waals surface area contributed by atoms with E-state index >= 15 is 0 Å². The van der Waals surface area contributed by atoms with Crippen LogP contribution >= 0.6 is 11.6 Å². The lowest BCUT2D eigenvalue weighted by molar-refractivity contribution is 0.0959. The summed E-state index contributed by atoms with van der Waals surface area (Å²) >= 11 is 5.72. The van der Waals surface area contributed by atoms with Gasteiger partial charge in [0.1, 0.15) is 0 Å². The normalized spacial score (nSPS) is 16.4. The van der Waals surface area contributed by atoms with Crippen LogP contribution in [0.3, 0.4) is 0 Å². The number of aliphatic hydroxyl groups is 1. The molecule has 1 aromatic carbocycles. The zero-order chi connectivity index (χ0) is 14.3. The second-order valence-corrected chi connectivity index (χ2v) is 5.85. The second-order valence-electron chi connectivity index (χ2n) is 5.54. The topological polar surface area (TPSA) is 42.2 Å². The first kappa shape index (κ1) is 13.7. The van der Waals surface area contributed by atoms with E-state index < -0.39 is 6.10 Å². The summed E-state index contributed by atoms with van der Waals surface area (Å²) in [6, 6.07) is 6.22. The van der Waals surface area contributed by atoms with E-state index in [0.717, 1.165) is 35.0 Å². The zero-order valence-electron chi connectivity index (χ0n) is 11.5. The fourth-order valence-electron chi connectivity index (χ4n) is 3.10.